The largest absolute Gasteiger partial charge is 0.492 e. The van der Waals surface area contributed by atoms with Crippen molar-refractivity contribution in [2.45, 2.75) is 52.5 Å². The molecule has 6 N–H and O–H groups in total. The minimum atomic E-state index is -1.10. The highest BCUT2D eigenvalue weighted by atomic mass is 32.2. The molecular formula is C32H41N6O4S+. The zero-order valence-electron chi connectivity index (χ0n) is 25.9. The standard InChI is InChI=1S/C32H40N6O4S/c1-20-14-15-21(29(39)33-24-17-23(31(2,3)4)18-25(28(24)42-7)36-43(8)41)16-27(20)38-19-26(35-37-38)30(40)34-32(5,6)22-12-10-9-11-13-22/h9-19,35-37,41H,1-8H3,(H-,33,34,39,40)/p+1. The van der Waals surface area contributed by atoms with E-state index in [1.54, 1.807) is 29.6 Å². The molecule has 1 aliphatic rings. The lowest BCUT2D eigenvalue weighted by Gasteiger charge is -2.27. The smallest absolute Gasteiger partial charge is 0.271 e. The first-order valence-electron chi connectivity index (χ1n) is 13.9. The van der Waals surface area contributed by atoms with Crippen molar-refractivity contribution in [3.8, 4) is 5.75 Å². The van der Waals surface area contributed by atoms with Gasteiger partial charge in [0.1, 0.15) is 11.4 Å². The summed E-state index contributed by atoms with van der Waals surface area (Å²) in [7, 11) is 1.52. The number of carbonyl (C=O) groups is 2. The van der Waals surface area contributed by atoms with E-state index in [1.165, 1.54) is 7.11 Å². The Balaban J connectivity index is 1.58. The summed E-state index contributed by atoms with van der Waals surface area (Å²) in [6, 6.07) is 18.9. The third-order valence-electron chi connectivity index (χ3n) is 7.13. The van der Waals surface area contributed by atoms with E-state index in [9.17, 15) is 14.1 Å². The van der Waals surface area contributed by atoms with Crippen molar-refractivity contribution in [3.63, 3.8) is 0 Å². The number of rotatable bonds is 9. The molecular weight excluding hydrogens is 564 g/mol. The van der Waals surface area contributed by atoms with E-state index in [4.69, 9.17) is 4.74 Å². The monoisotopic (exact) mass is 605 g/mol. The Morgan fingerprint density at radius 1 is 0.930 bits per heavy atom. The third kappa shape index (κ3) is 7.42. The Kier molecular flexibility index (Phi) is 9.29. The van der Waals surface area contributed by atoms with Crippen LogP contribution in [0.15, 0.2) is 72.6 Å². The lowest BCUT2D eigenvalue weighted by Crippen LogP contribution is -2.45. The Labute approximate surface area is 256 Å². The van der Waals surface area contributed by atoms with Gasteiger partial charge in [-0.15, -0.1) is 5.53 Å². The molecule has 1 heterocycles. The van der Waals surface area contributed by atoms with Crippen LogP contribution < -0.4 is 36.1 Å². The number of benzene rings is 3. The number of aryl methyl sites for hydroxylation is 1. The maximum absolute atomic E-state index is 13.6. The highest BCUT2D eigenvalue weighted by Gasteiger charge is 2.28. The van der Waals surface area contributed by atoms with Crippen LogP contribution in [0, 0.1) is 6.92 Å². The Morgan fingerprint density at radius 2 is 1.60 bits per heavy atom. The summed E-state index contributed by atoms with van der Waals surface area (Å²) in [6.07, 6.45) is 3.30. The van der Waals surface area contributed by atoms with E-state index in [1.807, 2.05) is 69.3 Å². The van der Waals surface area contributed by atoms with Crippen molar-refractivity contribution < 1.29 is 18.9 Å². The van der Waals surface area contributed by atoms with Gasteiger partial charge in [-0.2, -0.15) is 9.27 Å². The van der Waals surface area contributed by atoms with Gasteiger partial charge in [-0.25, -0.2) is 0 Å². The fourth-order valence-electron chi connectivity index (χ4n) is 4.65. The summed E-state index contributed by atoms with van der Waals surface area (Å²) in [5.74, 6) is -0.192. The van der Waals surface area contributed by atoms with E-state index in [2.05, 4.69) is 47.1 Å². The fourth-order valence-corrected chi connectivity index (χ4v) is 5.12. The van der Waals surface area contributed by atoms with Gasteiger partial charge in [-0.3, -0.25) is 20.0 Å². The molecule has 0 spiro atoms. The van der Waals surface area contributed by atoms with Crippen LogP contribution in [-0.2, 0) is 27.1 Å². The third-order valence-corrected chi connectivity index (χ3v) is 7.65. The molecule has 1 atom stereocenters. The average molecular weight is 606 g/mol. The number of ether oxygens (including phenoxy) is 1. The number of carbonyl (C=O) groups excluding carboxylic acids is 2. The second kappa shape index (κ2) is 12.6. The molecule has 0 aliphatic carbocycles. The van der Waals surface area contributed by atoms with E-state index < -0.39 is 16.9 Å². The molecule has 0 aromatic heterocycles. The Bertz CT molecular complexity index is 1530. The zero-order chi connectivity index (χ0) is 31.5. The summed E-state index contributed by atoms with van der Waals surface area (Å²) in [5.41, 5.74) is 10.5. The average Bonchev–Trinajstić information content (AvgIpc) is 3.43. The maximum Gasteiger partial charge on any atom is 0.271 e. The normalized spacial score (nSPS) is 14.0. The van der Waals surface area contributed by atoms with Crippen molar-refractivity contribution in [2.75, 3.05) is 28.4 Å². The van der Waals surface area contributed by atoms with Gasteiger partial charge >= 0.3 is 0 Å². The Hall–Kier alpha value is -4.19. The van der Waals surface area contributed by atoms with Crippen LogP contribution >= 0.6 is 0 Å². The van der Waals surface area contributed by atoms with Crippen LogP contribution in [0.5, 0.6) is 5.75 Å². The number of hydrogen-bond acceptors (Lipinski definition) is 8. The number of nitrogens with one attached hydrogen (secondary N) is 5. The maximum atomic E-state index is 13.6. The molecule has 1 unspecified atom stereocenters. The van der Waals surface area contributed by atoms with Crippen molar-refractivity contribution in [2.24, 2.45) is 0 Å². The van der Waals surface area contributed by atoms with Crippen LogP contribution in [0.1, 0.15) is 61.7 Å². The first-order valence-corrected chi connectivity index (χ1v) is 15.5. The summed E-state index contributed by atoms with van der Waals surface area (Å²) < 4.78 is 18.7. The summed E-state index contributed by atoms with van der Waals surface area (Å²) in [4.78, 5) is 26.7. The minimum absolute atomic E-state index is 0.220. The molecule has 1 aliphatic heterocycles. The lowest BCUT2D eigenvalue weighted by molar-refractivity contribution is -0.119. The van der Waals surface area contributed by atoms with Crippen LogP contribution in [0.3, 0.4) is 0 Å². The van der Waals surface area contributed by atoms with Gasteiger partial charge in [0.05, 0.1) is 30.2 Å². The van der Waals surface area contributed by atoms with E-state index in [-0.39, 0.29) is 17.2 Å². The molecule has 0 fully saturated rings. The number of hydrazine groups is 2. The molecule has 10 nitrogen and oxygen atoms in total. The fraction of sp³-hybridized carbons (Fsp3) is 0.312. The van der Waals surface area contributed by atoms with Gasteiger partial charge in [-0.05, 0) is 67.1 Å². The molecule has 11 heteroatoms. The van der Waals surface area contributed by atoms with Crippen LogP contribution in [0.25, 0.3) is 0 Å². The van der Waals surface area contributed by atoms with Gasteiger partial charge in [0.25, 0.3) is 23.2 Å². The second-order valence-corrected chi connectivity index (χ2v) is 13.1. The zero-order valence-corrected chi connectivity index (χ0v) is 26.7. The van der Waals surface area contributed by atoms with Crippen LogP contribution in [0.4, 0.5) is 17.1 Å². The summed E-state index contributed by atoms with van der Waals surface area (Å²) in [5, 5.41) is 7.73. The van der Waals surface area contributed by atoms with Crippen molar-refractivity contribution >= 4 is 40.2 Å². The van der Waals surface area contributed by atoms with Gasteiger partial charge in [-0.1, -0.05) is 57.2 Å². The number of amides is 2. The van der Waals surface area contributed by atoms with E-state index in [0.29, 0.717) is 34.1 Å². The van der Waals surface area contributed by atoms with Crippen molar-refractivity contribution in [1.82, 2.24) is 16.3 Å². The topological polar surface area (TPSA) is 127 Å². The lowest BCUT2D eigenvalue weighted by atomic mass is 9.86. The first kappa shape index (κ1) is 31.7. The molecule has 3 aromatic carbocycles. The highest BCUT2D eigenvalue weighted by molar-refractivity contribution is 7.92. The SMILES string of the molecule is COc1c(NC(=O)c2ccc(C)c(N3C=C(C(=O)NC(C)(C)c4ccccc4)NN3)c2)cc(C(C)(C)C)cc1N[S+](C)O. The van der Waals surface area contributed by atoms with Gasteiger partial charge < -0.3 is 15.4 Å². The van der Waals surface area contributed by atoms with Crippen LogP contribution in [0.2, 0.25) is 0 Å². The van der Waals surface area contributed by atoms with Gasteiger partial charge in [0.2, 0.25) is 0 Å². The second-order valence-electron chi connectivity index (χ2n) is 12.0. The summed E-state index contributed by atoms with van der Waals surface area (Å²) in [6.45, 7) is 12.0. The number of methoxy groups -OCH3 is 1. The molecule has 4 rings (SSSR count). The quantitative estimate of drug-likeness (QED) is 0.181. The molecule has 43 heavy (non-hydrogen) atoms. The predicted molar refractivity (Wildman–Crippen MR) is 175 cm³/mol. The van der Waals surface area contributed by atoms with E-state index >= 15 is 0 Å². The van der Waals surface area contributed by atoms with Gasteiger partial charge in [0, 0.05) is 5.56 Å². The van der Waals surface area contributed by atoms with E-state index in [0.717, 1.165) is 16.7 Å². The summed E-state index contributed by atoms with van der Waals surface area (Å²) >= 11 is -1.10. The predicted octanol–water partition coefficient (Wildman–Crippen LogP) is 5.32. The number of nitrogens with zero attached hydrogens (tertiary/aromatic N) is 1. The Morgan fingerprint density at radius 3 is 2.23 bits per heavy atom. The first-order chi connectivity index (χ1) is 20.2. The molecule has 0 bridgehead atoms. The van der Waals surface area contributed by atoms with Gasteiger partial charge in [0.15, 0.2) is 12.0 Å². The minimum Gasteiger partial charge on any atom is -0.492 e. The molecule has 0 radical (unpaired) electrons. The molecule has 228 valence electrons. The van der Waals surface area contributed by atoms with Crippen LogP contribution in [-0.4, -0.2) is 29.7 Å². The molecule has 3 aromatic rings. The number of hydrogen-bond donors (Lipinski definition) is 6. The molecule has 0 saturated carbocycles. The molecule has 0 saturated heterocycles. The number of anilines is 3. The van der Waals surface area contributed by atoms with Crippen molar-refractivity contribution in [3.05, 3.63) is 94.8 Å². The van der Waals surface area contributed by atoms with Crippen molar-refractivity contribution in [1.29, 1.82) is 0 Å². The molecule has 2 amide bonds. The highest BCUT2D eigenvalue weighted by Crippen LogP contribution is 2.39.